The van der Waals surface area contributed by atoms with Crippen LogP contribution in [-0.2, 0) is 0 Å². The summed E-state index contributed by atoms with van der Waals surface area (Å²) in [6, 6.07) is 6.77. The SMILES string of the molecule is O=C(O)c1cccc2nccc(Br)c12. The Balaban J connectivity index is 2.91. The quantitative estimate of drug-likeness (QED) is 0.848. The smallest absolute Gasteiger partial charge is 0.336 e. The van der Waals surface area contributed by atoms with Gasteiger partial charge in [0.2, 0.25) is 0 Å². The van der Waals surface area contributed by atoms with Crippen LogP contribution in [0, 0.1) is 0 Å². The van der Waals surface area contributed by atoms with Gasteiger partial charge in [-0.3, -0.25) is 4.98 Å². The van der Waals surface area contributed by atoms with E-state index in [4.69, 9.17) is 5.11 Å². The number of halogens is 1. The Morgan fingerprint density at radius 2 is 2.14 bits per heavy atom. The van der Waals surface area contributed by atoms with Crippen molar-refractivity contribution in [2.45, 2.75) is 0 Å². The number of hydrogen-bond acceptors (Lipinski definition) is 2. The molecule has 3 nitrogen and oxygen atoms in total. The fourth-order valence-corrected chi connectivity index (χ4v) is 1.88. The number of aromatic carboxylic acids is 1. The van der Waals surface area contributed by atoms with Crippen LogP contribution in [0.25, 0.3) is 10.9 Å². The van der Waals surface area contributed by atoms with Crippen LogP contribution < -0.4 is 0 Å². The zero-order valence-corrected chi connectivity index (χ0v) is 8.65. The number of benzene rings is 1. The van der Waals surface area contributed by atoms with Gasteiger partial charge in [0.1, 0.15) is 0 Å². The van der Waals surface area contributed by atoms with Gasteiger partial charge in [-0.05, 0) is 18.2 Å². The number of nitrogens with zero attached hydrogens (tertiary/aromatic N) is 1. The van der Waals surface area contributed by atoms with Gasteiger partial charge < -0.3 is 5.11 Å². The van der Waals surface area contributed by atoms with E-state index in [0.29, 0.717) is 10.9 Å². The number of carboxylic acid groups (broad SMARTS) is 1. The summed E-state index contributed by atoms with van der Waals surface area (Å²) in [5, 5.41) is 9.60. The number of carboxylic acids is 1. The van der Waals surface area contributed by atoms with Crippen LogP contribution in [0.2, 0.25) is 0 Å². The first-order valence-corrected chi connectivity index (χ1v) is 4.76. The van der Waals surface area contributed by atoms with E-state index in [0.717, 1.165) is 4.47 Å². The summed E-state index contributed by atoms with van der Waals surface area (Å²) in [6.45, 7) is 0. The minimum absolute atomic E-state index is 0.266. The minimum atomic E-state index is -0.940. The Kier molecular flexibility index (Phi) is 2.21. The molecule has 70 valence electrons. The molecule has 0 amide bonds. The fourth-order valence-electron chi connectivity index (χ4n) is 1.34. The van der Waals surface area contributed by atoms with E-state index in [1.54, 1.807) is 30.5 Å². The Hall–Kier alpha value is -1.42. The molecule has 0 unspecified atom stereocenters. The number of rotatable bonds is 1. The van der Waals surface area contributed by atoms with E-state index < -0.39 is 5.97 Å². The lowest BCUT2D eigenvalue weighted by Gasteiger charge is -2.02. The molecular weight excluding hydrogens is 246 g/mol. The minimum Gasteiger partial charge on any atom is -0.478 e. The molecular formula is C10H6BrNO2. The van der Waals surface area contributed by atoms with Gasteiger partial charge in [0.25, 0.3) is 0 Å². The third kappa shape index (κ3) is 1.37. The van der Waals surface area contributed by atoms with Gasteiger partial charge in [0.05, 0.1) is 11.1 Å². The van der Waals surface area contributed by atoms with Crippen molar-refractivity contribution in [3.8, 4) is 0 Å². The summed E-state index contributed by atoms with van der Waals surface area (Å²) in [6.07, 6.45) is 1.64. The van der Waals surface area contributed by atoms with Gasteiger partial charge in [-0.2, -0.15) is 0 Å². The molecule has 0 fully saturated rings. The molecule has 0 radical (unpaired) electrons. The van der Waals surface area contributed by atoms with Crippen LogP contribution in [0.3, 0.4) is 0 Å². The van der Waals surface area contributed by atoms with E-state index in [1.807, 2.05) is 0 Å². The monoisotopic (exact) mass is 251 g/mol. The van der Waals surface area contributed by atoms with Gasteiger partial charge in [-0.1, -0.05) is 22.0 Å². The third-order valence-corrected chi connectivity index (χ3v) is 2.61. The molecule has 14 heavy (non-hydrogen) atoms. The number of carbonyl (C=O) groups is 1. The van der Waals surface area contributed by atoms with Crippen molar-refractivity contribution in [2.75, 3.05) is 0 Å². The predicted molar refractivity (Wildman–Crippen MR) is 56.4 cm³/mol. The van der Waals surface area contributed by atoms with Crippen LogP contribution in [0.1, 0.15) is 10.4 Å². The summed E-state index contributed by atoms with van der Waals surface area (Å²) in [5.41, 5.74) is 0.946. The van der Waals surface area contributed by atoms with E-state index in [2.05, 4.69) is 20.9 Å². The summed E-state index contributed by atoms with van der Waals surface area (Å²) >= 11 is 3.31. The van der Waals surface area contributed by atoms with Gasteiger partial charge in [0, 0.05) is 16.1 Å². The van der Waals surface area contributed by atoms with E-state index in [9.17, 15) is 4.79 Å². The first-order valence-electron chi connectivity index (χ1n) is 3.96. The molecule has 0 spiro atoms. The molecule has 0 saturated heterocycles. The first kappa shape index (κ1) is 9.15. The van der Waals surface area contributed by atoms with Crippen molar-refractivity contribution in [1.29, 1.82) is 0 Å². The largest absolute Gasteiger partial charge is 0.478 e. The molecule has 0 atom stereocenters. The third-order valence-electron chi connectivity index (χ3n) is 1.95. The van der Waals surface area contributed by atoms with Crippen LogP contribution >= 0.6 is 15.9 Å². The zero-order valence-electron chi connectivity index (χ0n) is 7.07. The fraction of sp³-hybridized carbons (Fsp3) is 0. The normalized spacial score (nSPS) is 10.4. The average Bonchev–Trinajstić information content (AvgIpc) is 2.17. The van der Waals surface area contributed by atoms with Gasteiger partial charge in [-0.15, -0.1) is 0 Å². The van der Waals surface area contributed by atoms with Crippen molar-refractivity contribution in [3.63, 3.8) is 0 Å². The second-order valence-electron chi connectivity index (χ2n) is 2.80. The van der Waals surface area contributed by atoms with Gasteiger partial charge >= 0.3 is 5.97 Å². The molecule has 1 aromatic heterocycles. The maximum Gasteiger partial charge on any atom is 0.336 e. The predicted octanol–water partition coefficient (Wildman–Crippen LogP) is 2.70. The lowest BCUT2D eigenvalue weighted by Crippen LogP contribution is -1.98. The lowest BCUT2D eigenvalue weighted by atomic mass is 10.1. The summed E-state index contributed by atoms with van der Waals surface area (Å²) in [7, 11) is 0. The van der Waals surface area contributed by atoms with Crippen LogP contribution in [0.15, 0.2) is 34.9 Å². The number of hydrogen-bond donors (Lipinski definition) is 1. The Morgan fingerprint density at radius 3 is 2.86 bits per heavy atom. The van der Waals surface area contributed by atoms with E-state index in [1.165, 1.54) is 0 Å². The summed E-state index contributed by atoms with van der Waals surface area (Å²) < 4.78 is 0.750. The van der Waals surface area contributed by atoms with E-state index in [-0.39, 0.29) is 5.56 Å². The number of pyridine rings is 1. The van der Waals surface area contributed by atoms with Gasteiger partial charge in [0.15, 0.2) is 0 Å². The molecule has 4 heteroatoms. The molecule has 2 aromatic rings. The van der Waals surface area contributed by atoms with Gasteiger partial charge in [-0.25, -0.2) is 4.79 Å². The maximum absolute atomic E-state index is 10.9. The second kappa shape index (κ2) is 3.38. The van der Waals surface area contributed by atoms with Crippen LogP contribution in [0.4, 0.5) is 0 Å². The highest BCUT2D eigenvalue weighted by Crippen LogP contribution is 2.25. The Morgan fingerprint density at radius 1 is 1.36 bits per heavy atom. The second-order valence-corrected chi connectivity index (χ2v) is 3.65. The van der Waals surface area contributed by atoms with Crippen molar-refractivity contribution >= 4 is 32.8 Å². The molecule has 0 aliphatic heterocycles. The molecule has 1 aromatic carbocycles. The lowest BCUT2D eigenvalue weighted by molar-refractivity contribution is 0.0699. The molecule has 2 rings (SSSR count). The molecule has 0 bridgehead atoms. The maximum atomic E-state index is 10.9. The highest BCUT2D eigenvalue weighted by atomic mass is 79.9. The molecule has 0 aliphatic carbocycles. The number of aromatic nitrogens is 1. The highest BCUT2D eigenvalue weighted by Gasteiger charge is 2.10. The summed E-state index contributed by atoms with van der Waals surface area (Å²) in [5.74, 6) is -0.940. The van der Waals surface area contributed by atoms with Crippen molar-refractivity contribution in [2.24, 2.45) is 0 Å². The highest BCUT2D eigenvalue weighted by molar-refractivity contribution is 9.10. The van der Waals surface area contributed by atoms with Crippen molar-refractivity contribution in [3.05, 3.63) is 40.5 Å². The Bertz CT molecular complexity index is 505. The Labute approximate surface area is 88.5 Å². The zero-order chi connectivity index (χ0) is 10.1. The molecule has 0 aliphatic rings. The first-order chi connectivity index (χ1) is 6.70. The van der Waals surface area contributed by atoms with Crippen molar-refractivity contribution in [1.82, 2.24) is 4.98 Å². The number of fused-ring (bicyclic) bond motifs is 1. The van der Waals surface area contributed by atoms with Crippen molar-refractivity contribution < 1.29 is 9.90 Å². The molecule has 0 saturated carbocycles. The topological polar surface area (TPSA) is 50.2 Å². The van der Waals surface area contributed by atoms with E-state index >= 15 is 0 Å². The summed E-state index contributed by atoms with van der Waals surface area (Å²) in [4.78, 5) is 15.0. The standard InChI is InChI=1S/C10H6BrNO2/c11-7-4-5-12-8-3-1-2-6(9(7)8)10(13)14/h1-5H,(H,13,14). The average molecular weight is 252 g/mol. The molecule has 1 N–H and O–H groups in total. The van der Waals surface area contributed by atoms with Crippen LogP contribution in [0.5, 0.6) is 0 Å². The molecule has 1 heterocycles. The van der Waals surface area contributed by atoms with Crippen LogP contribution in [-0.4, -0.2) is 16.1 Å².